The Morgan fingerprint density at radius 3 is 3.00 bits per heavy atom. The van der Waals surface area contributed by atoms with Gasteiger partial charge in [-0.25, -0.2) is 0 Å². The maximum absolute atomic E-state index is 5.55. The van der Waals surface area contributed by atoms with Crippen molar-refractivity contribution < 1.29 is 4.74 Å². The van der Waals surface area contributed by atoms with E-state index in [1.807, 2.05) is 31.2 Å². The number of benzene rings is 1. The zero-order valence-electron chi connectivity index (χ0n) is 9.49. The number of nitrogens with one attached hydrogen (secondary N) is 1. The van der Waals surface area contributed by atoms with Crippen LogP contribution in [0.4, 0.5) is 0 Å². The third kappa shape index (κ3) is 4.66. The highest BCUT2D eigenvalue weighted by atomic mass is 16.5. The van der Waals surface area contributed by atoms with Gasteiger partial charge in [0, 0.05) is 6.54 Å². The molecule has 0 bridgehead atoms. The maximum atomic E-state index is 5.55. The maximum Gasteiger partial charge on any atom is 0.120 e. The summed E-state index contributed by atoms with van der Waals surface area (Å²) in [5.41, 5.74) is 1.26. The molecular weight excluding hydrogens is 186 g/mol. The second-order valence-electron chi connectivity index (χ2n) is 3.31. The van der Waals surface area contributed by atoms with Crippen molar-refractivity contribution in [2.75, 3.05) is 13.2 Å². The summed E-state index contributed by atoms with van der Waals surface area (Å²) < 4.78 is 5.55. The minimum Gasteiger partial charge on any atom is -0.490 e. The van der Waals surface area contributed by atoms with Gasteiger partial charge in [-0.15, -0.1) is 0 Å². The molecule has 0 aromatic heterocycles. The molecule has 0 aliphatic rings. The summed E-state index contributed by atoms with van der Waals surface area (Å²) >= 11 is 0. The molecule has 15 heavy (non-hydrogen) atoms. The third-order valence-electron chi connectivity index (χ3n) is 2.06. The van der Waals surface area contributed by atoms with Crippen molar-refractivity contribution in [1.29, 1.82) is 0 Å². The fourth-order valence-electron chi connectivity index (χ4n) is 1.26. The van der Waals surface area contributed by atoms with Gasteiger partial charge in [0.1, 0.15) is 12.4 Å². The van der Waals surface area contributed by atoms with E-state index in [0.29, 0.717) is 6.61 Å². The fraction of sp³-hybridized carbons (Fsp3) is 0.385. The van der Waals surface area contributed by atoms with E-state index in [2.05, 4.69) is 24.4 Å². The average Bonchev–Trinajstić information content (AvgIpc) is 2.27. The van der Waals surface area contributed by atoms with E-state index in [0.717, 1.165) is 18.8 Å². The predicted molar refractivity (Wildman–Crippen MR) is 64.1 cm³/mol. The molecule has 2 heteroatoms. The average molecular weight is 205 g/mol. The number of allylic oxidation sites excluding steroid dienone is 1. The van der Waals surface area contributed by atoms with Gasteiger partial charge in [0.2, 0.25) is 0 Å². The van der Waals surface area contributed by atoms with Crippen LogP contribution in [0.1, 0.15) is 19.4 Å². The van der Waals surface area contributed by atoms with Crippen LogP contribution in [-0.2, 0) is 6.54 Å². The molecule has 0 unspecified atom stereocenters. The highest BCUT2D eigenvalue weighted by Gasteiger charge is 1.95. The molecule has 0 radical (unpaired) electrons. The van der Waals surface area contributed by atoms with Crippen molar-refractivity contribution in [3.8, 4) is 5.75 Å². The standard InChI is InChI=1S/C13H19NO/c1-3-5-9-15-13-8-6-7-12(10-13)11-14-4-2/h3,5-8,10,14H,4,9,11H2,1-2H3/b5-3+. The monoisotopic (exact) mass is 205 g/mol. The molecule has 1 N–H and O–H groups in total. The van der Waals surface area contributed by atoms with Gasteiger partial charge in [0.25, 0.3) is 0 Å². The van der Waals surface area contributed by atoms with Crippen molar-refractivity contribution in [2.45, 2.75) is 20.4 Å². The molecule has 0 fully saturated rings. The van der Waals surface area contributed by atoms with Gasteiger partial charge in [0.15, 0.2) is 0 Å². The van der Waals surface area contributed by atoms with Crippen molar-refractivity contribution in [3.05, 3.63) is 42.0 Å². The van der Waals surface area contributed by atoms with Crippen molar-refractivity contribution >= 4 is 0 Å². The van der Waals surface area contributed by atoms with Gasteiger partial charge in [-0.2, -0.15) is 0 Å². The van der Waals surface area contributed by atoms with Crippen LogP contribution < -0.4 is 10.1 Å². The number of rotatable bonds is 6. The molecule has 0 amide bonds. The summed E-state index contributed by atoms with van der Waals surface area (Å²) in [7, 11) is 0. The Morgan fingerprint density at radius 2 is 2.27 bits per heavy atom. The van der Waals surface area contributed by atoms with E-state index >= 15 is 0 Å². The first-order valence-electron chi connectivity index (χ1n) is 5.40. The van der Waals surface area contributed by atoms with E-state index in [1.165, 1.54) is 5.56 Å². The van der Waals surface area contributed by atoms with Gasteiger partial charge >= 0.3 is 0 Å². The Bertz CT molecular complexity index is 307. The minimum atomic E-state index is 0.640. The minimum absolute atomic E-state index is 0.640. The van der Waals surface area contributed by atoms with Crippen LogP contribution >= 0.6 is 0 Å². The Hall–Kier alpha value is -1.28. The molecule has 0 saturated heterocycles. The summed E-state index contributed by atoms with van der Waals surface area (Å²) in [6.07, 6.45) is 3.99. The Morgan fingerprint density at radius 1 is 1.40 bits per heavy atom. The lowest BCUT2D eigenvalue weighted by atomic mass is 10.2. The Labute approximate surface area is 92.0 Å². The lowest BCUT2D eigenvalue weighted by Gasteiger charge is -2.06. The SMILES string of the molecule is C/C=C/COc1cccc(CNCC)c1. The van der Waals surface area contributed by atoms with Gasteiger partial charge in [-0.3, -0.25) is 0 Å². The molecule has 0 atom stereocenters. The Kier molecular flexibility index (Phi) is 5.56. The lowest BCUT2D eigenvalue weighted by Crippen LogP contribution is -2.11. The van der Waals surface area contributed by atoms with Gasteiger partial charge in [0.05, 0.1) is 0 Å². The van der Waals surface area contributed by atoms with E-state index in [9.17, 15) is 0 Å². The first-order chi connectivity index (χ1) is 7.36. The molecule has 1 rings (SSSR count). The largest absolute Gasteiger partial charge is 0.490 e. The van der Waals surface area contributed by atoms with Crippen LogP contribution in [0.2, 0.25) is 0 Å². The highest BCUT2D eigenvalue weighted by Crippen LogP contribution is 2.13. The first-order valence-corrected chi connectivity index (χ1v) is 5.40. The molecule has 0 aliphatic carbocycles. The van der Waals surface area contributed by atoms with Gasteiger partial charge in [-0.05, 0) is 31.2 Å². The lowest BCUT2D eigenvalue weighted by molar-refractivity contribution is 0.362. The Balaban J connectivity index is 2.49. The zero-order chi connectivity index (χ0) is 10.9. The summed E-state index contributed by atoms with van der Waals surface area (Å²) in [6, 6.07) is 8.19. The molecule has 1 aromatic rings. The topological polar surface area (TPSA) is 21.3 Å². The fourth-order valence-corrected chi connectivity index (χ4v) is 1.26. The third-order valence-corrected chi connectivity index (χ3v) is 2.06. The van der Waals surface area contributed by atoms with Crippen LogP contribution in [0.15, 0.2) is 36.4 Å². The van der Waals surface area contributed by atoms with Crippen molar-refractivity contribution in [2.24, 2.45) is 0 Å². The summed E-state index contributed by atoms with van der Waals surface area (Å²) in [6.45, 7) is 6.62. The second-order valence-corrected chi connectivity index (χ2v) is 3.31. The second kappa shape index (κ2) is 7.07. The molecule has 82 valence electrons. The quantitative estimate of drug-likeness (QED) is 0.721. The van der Waals surface area contributed by atoms with E-state index < -0.39 is 0 Å². The zero-order valence-corrected chi connectivity index (χ0v) is 9.49. The van der Waals surface area contributed by atoms with Crippen LogP contribution in [0, 0.1) is 0 Å². The summed E-state index contributed by atoms with van der Waals surface area (Å²) in [5, 5.41) is 3.29. The van der Waals surface area contributed by atoms with Crippen LogP contribution in [-0.4, -0.2) is 13.2 Å². The highest BCUT2D eigenvalue weighted by molar-refractivity contribution is 5.28. The number of ether oxygens (including phenoxy) is 1. The smallest absolute Gasteiger partial charge is 0.120 e. The van der Waals surface area contributed by atoms with Crippen molar-refractivity contribution in [1.82, 2.24) is 5.32 Å². The van der Waals surface area contributed by atoms with E-state index in [-0.39, 0.29) is 0 Å². The molecule has 0 heterocycles. The van der Waals surface area contributed by atoms with Crippen LogP contribution in [0.3, 0.4) is 0 Å². The molecule has 0 spiro atoms. The molecule has 2 nitrogen and oxygen atoms in total. The normalized spacial score (nSPS) is 10.8. The number of hydrogen-bond donors (Lipinski definition) is 1. The molecule has 0 aliphatic heterocycles. The number of hydrogen-bond acceptors (Lipinski definition) is 2. The molecule has 0 saturated carbocycles. The summed E-state index contributed by atoms with van der Waals surface area (Å²) in [4.78, 5) is 0. The van der Waals surface area contributed by atoms with Gasteiger partial charge in [-0.1, -0.05) is 31.2 Å². The van der Waals surface area contributed by atoms with E-state index in [1.54, 1.807) is 0 Å². The van der Waals surface area contributed by atoms with Crippen LogP contribution in [0.25, 0.3) is 0 Å². The van der Waals surface area contributed by atoms with Crippen LogP contribution in [0.5, 0.6) is 5.75 Å². The van der Waals surface area contributed by atoms with E-state index in [4.69, 9.17) is 4.74 Å². The first kappa shape index (κ1) is 11.8. The van der Waals surface area contributed by atoms with Gasteiger partial charge < -0.3 is 10.1 Å². The predicted octanol–water partition coefficient (Wildman–Crippen LogP) is 2.75. The summed E-state index contributed by atoms with van der Waals surface area (Å²) in [5.74, 6) is 0.934. The molecular formula is C13H19NO. The van der Waals surface area contributed by atoms with Crippen molar-refractivity contribution in [3.63, 3.8) is 0 Å². The molecule has 1 aromatic carbocycles.